The second-order valence-corrected chi connectivity index (χ2v) is 15.1. The van der Waals surface area contributed by atoms with Gasteiger partial charge in [0, 0.05) is 32.8 Å². The van der Waals surface area contributed by atoms with Gasteiger partial charge in [0.15, 0.2) is 0 Å². The van der Waals surface area contributed by atoms with Gasteiger partial charge in [0.25, 0.3) is 0 Å². The first-order valence-corrected chi connectivity index (χ1v) is 16.3. The van der Waals surface area contributed by atoms with Crippen LogP contribution in [0, 0.1) is 5.92 Å². The Morgan fingerprint density at radius 3 is 1.65 bits per heavy atom. The van der Waals surface area contributed by atoms with Crippen molar-refractivity contribution in [2.45, 2.75) is 124 Å². The summed E-state index contributed by atoms with van der Waals surface area (Å²) in [7, 11) is 0. The highest BCUT2D eigenvalue weighted by Crippen LogP contribution is 2.27. The molecule has 1 aromatic rings. The smallest absolute Gasteiger partial charge is 0.137 e. The lowest BCUT2D eigenvalue weighted by Gasteiger charge is -2.38. The molecule has 0 spiro atoms. The van der Waals surface area contributed by atoms with Crippen LogP contribution in [0.25, 0.3) is 0 Å². The maximum Gasteiger partial charge on any atom is 0.137 e. The number of ether oxygens (including phenoxy) is 4. The summed E-state index contributed by atoms with van der Waals surface area (Å²) >= 11 is 0. The number of hydrogen-bond acceptors (Lipinski definition) is 9. The summed E-state index contributed by atoms with van der Waals surface area (Å²) in [6.45, 7) is 33.9. The minimum absolute atomic E-state index is 0.00497. The van der Waals surface area contributed by atoms with Gasteiger partial charge in [-0.05, 0) is 114 Å². The van der Waals surface area contributed by atoms with Gasteiger partial charge >= 0.3 is 0 Å². The Morgan fingerprint density at radius 2 is 1.19 bits per heavy atom. The fourth-order valence-electron chi connectivity index (χ4n) is 4.63. The van der Waals surface area contributed by atoms with Crippen molar-refractivity contribution in [1.82, 2.24) is 24.6 Å². The highest BCUT2D eigenvalue weighted by atomic mass is 16.5. The fraction of sp³-hybridized carbons (Fsp3) is 0.939. The Morgan fingerprint density at radius 1 is 0.698 bits per heavy atom. The van der Waals surface area contributed by atoms with E-state index in [4.69, 9.17) is 18.9 Å². The van der Waals surface area contributed by atoms with E-state index >= 15 is 0 Å². The average molecular weight is 614 g/mol. The summed E-state index contributed by atoms with van der Waals surface area (Å²) < 4.78 is 24.0. The maximum absolute atomic E-state index is 9.97. The van der Waals surface area contributed by atoms with E-state index in [0.29, 0.717) is 12.5 Å². The molecule has 2 aliphatic rings. The van der Waals surface area contributed by atoms with E-state index in [1.807, 2.05) is 34.6 Å². The topological polar surface area (TPSA) is 94.3 Å². The zero-order valence-corrected chi connectivity index (χ0v) is 29.7. The third-order valence-electron chi connectivity index (χ3n) is 7.11. The van der Waals surface area contributed by atoms with Crippen LogP contribution < -0.4 is 0 Å². The molecule has 0 saturated carbocycles. The van der Waals surface area contributed by atoms with Crippen LogP contribution >= 0.6 is 0 Å². The molecule has 0 atom stereocenters. The molecule has 1 aromatic heterocycles. The van der Waals surface area contributed by atoms with Crippen LogP contribution in [0.4, 0.5) is 0 Å². The highest BCUT2D eigenvalue weighted by Gasteiger charge is 2.30. The lowest BCUT2D eigenvalue weighted by molar-refractivity contribution is -0.0330. The minimum Gasteiger partial charge on any atom is -0.390 e. The van der Waals surface area contributed by atoms with Gasteiger partial charge in [-0.3, -0.25) is 9.58 Å². The molecule has 0 aromatic carbocycles. The predicted octanol–water partition coefficient (Wildman–Crippen LogP) is 4.90. The van der Waals surface area contributed by atoms with Gasteiger partial charge in [-0.25, -0.2) is 4.98 Å². The number of hydrogen-bond donors (Lipinski definition) is 1. The minimum atomic E-state index is -0.520. The first kappa shape index (κ1) is 39.9. The van der Waals surface area contributed by atoms with E-state index in [2.05, 4.69) is 61.4 Å². The maximum atomic E-state index is 9.97. The van der Waals surface area contributed by atoms with Crippen molar-refractivity contribution in [1.29, 1.82) is 0 Å². The molecular weight excluding hydrogens is 546 g/mol. The number of likely N-dealkylation sites (tertiary alicyclic amines) is 1. The molecule has 254 valence electrons. The van der Waals surface area contributed by atoms with Crippen molar-refractivity contribution in [2.24, 2.45) is 5.92 Å². The van der Waals surface area contributed by atoms with Gasteiger partial charge < -0.3 is 29.0 Å². The Bertz CT molecular complexity index is 793. The van der Waals surface area contributed by atoms with Gasteiger partial charge in [-0.1, -0.05) is 0 Å². The van der Waals surface area contributed by atoms with E-state index < -0.39 is 5.60 Å². The Labute approximate surface area is 263 Å². The fourth-order valence-corrected chi connectivity index (χ4v) is 4.63. The van der Waals surface area contributed by atoms with Crippen LogP contribution in [0.15, 0.2) is 12.7 Å². The normalized spacial score (nSPS) is 18.0. The van der Waals surface area contributed by atoms with Gasteiger partial charge in [0.1, 0.15) is 12.7 Å². The third-order valence-corrected chi connectivity index (χ3v) is 7.11. The van der Waals surface area contributed by atoms with Gasteiger partial charge in [0.05, 0.1) is 55.4 Å². The summed E-state index contributed by atoms with van der Waals surface area (Å²) in [5.74, 6) is 0.447. The van der Waals surface area contributed by atoms with Crippen molar-refractivity contribution in [3.05, 3.63) is 12.7 Å². The lowest BCUT2D eigenvalue weighted by atomic mass is 9.83. The molecule has 1 N–H and O–H groups in total. The summed E-state index contributed by atoms with van der Waals surface area (Å²) in [6, 6.07) is 0. The molecule has 0 bridgehead atoms. The number of nitrogens with zero attached hydrogens (tertiary/aromatic N) is 5. The number of aromatic nitrogens is 3. The monoisotopic (exact) mass is 614 g/mol. The summed E-state index contributed by atoms with van der Waals surface area (Å²) in [4.78, 5) is 8.71. The Balaban J connectivity index is 0.000000328. The number of morpholine rings is 1. The quantitative estimate of drug-likeness (QED) is 0.350. The van der Waals surface area contributed by atoms with Crippen LogP contribution in [-0.4, -0.2) is 124 Å². The summed E-state index contributed by atoms with van der Waals surface area (Å²) in [5.41, 5.74) is -0.620. The molecule has 3 rings (SSSR count). The zero-order chi connectivity index (χ0) is 32.6. The molecule has 10 heteroatoms. The SMILES string of the molecule is CC(C)(C)OCCCN1CCOCC1.CC(C)(C)OCCN1CCC(C(C)(C)O)CC1.CC(C)(C)OCCn1cncn1. The van der Waals surface area contributed by atoms with Crippen molar-refractivity contribution in [2.75, 3.05) is 72.3 Å². The van der Waals surface area contributed by atoms with E-state index in [1.54, 1.807) is 11.0 Å². The predicted molar refractivity (Wildman–Crippen MR) is 174 cm³/mol. The molecule has 3 heterocycles. The van der Waals surface area contributed by atoms with Crippen molar-refractivity contribution in [3.8, 4) is 0 Å². The molecule has 0 unspecified atom stereocenters. The Kier molecular flexibility index (Phi) is 18.0. The summed E-state index contributed by atoms with van der Waals surface area (Å²) in [6.07, 6.45) is 6.53. The molecule has 2 aliphatic heterocycles. The summed E-state index contributed by atoms with van der Waals surface area (Å²) in [5, 5.41) is 13.9. The standard InChI is InChI=1S/C14H29NO2.C11H23NO2.C8H15N3O/c1-13(2,3)17-11-10-15-8-6-12(7-9-15)14(4,5)16;1-11(2,3)14-8-4-5-12-6-9-13-10-7-12;1-8(2,3)12-5-4-11-7-9-6-10-11/h12,16H,6-11H2,1-5H3;4-10H2,1-3H3;6-7H,4-5H2,1-3H3. The number of aliphatic hydroxyl groups is 1. The number of rotatable bonds is 11. The van der Waals surface area contributed by atoms with E-state index in [-0.39, 0.29) is 16.8 Å². The molecule has 10 nitrogen and oxygen atoms in total. The van der Waals surface area contributed by atoms with Crippen molar-refractivity contribution < 1.29 is 24.1 Å². The van der Waals surface area contributed by atoms with E-state index in [9.17, 15) is 5.11 Å². The third kappa shape index (κ3) is 22.9. The lowest BCUT2D eigenvalue weighted by Crippen LogP contribution is -2.43. The molecule has 43 heavy (non-hydrogen) atoms. The highest BCUT2D eigenvalue weighted by molar-refractivity contribution is 4.83. The van der Waals surface area contributed by atoms with E-state index in [1.165, 1.54) is 6.33 Å². The van der Waals surface area contributed by atoms with Crippen molar-refractivity contribution >= 4 is 0 Å². The van der Waals surface area contributed by atoms with Crippen molar-refractivity contribution in [3.63, 3.8) is 0 Å². The van der Waals surface area contributed by atoms with Gasteiger partial charge in [0.2, 0.25) is 0 Å². The molecule has 2 saturated heterocycles. The van der Waals surface area contributed by atoms with Crippen LogP contribution in [0.3, 0.4) is 0 Å². The van der Waals surface area contributed by atoms with Crippen LogP contribution in [0.5, 0.6) is 0 Å². The molecule has 0 amide bonds. The number of piperidine rings is 1. The first-order chi connectivity index (χ1) is 19.8. The average Bonchev–Trinajstić information content (AvgIpc) is 3.39. The first-order valence-electron chi connectivity index (χ1n) is 16.3. The largest absolute Gasteiger partial charge is 0.390 e. The second kappa shape index (κ2) is 19.4. The molecule has 0 radical (unpaired) electrons. The molecule has 0 aliphatic carbocycles. The second-order valence-electron chi connectivity index (χ2n) is 15.1. The van der Waals surface area contributed by atoms with Gasteiger partial charge in [-0.15, -0.1) is 0 Å². The molecular formula is C33H67N5O5. The van der Waals surface area contributed by atoms with Crippen LogP contribution in [-0.2, 0) is 25.5 Å². The molecule has 2 fully saturated rings. The van der Waals surface area contributed by atoms with Crippen LogP contribution in [0.2, 0.25) is 0 Å². The zero-order valence-electron chi connectivity index (χ0n) is 29.7. The van der Waals surface area contributed by atoms with E-state index in [0.717, 1.165) is 91.5 Å². The Hall–Kier alpha value is -1.14. The van der Waals surface area contributed by atoms with Crippen LogP contribution in [0.1, 0.15) is 95.4 Å². The van der Waals surface area contributed by atoms with Gasteiger partial charge in [-0.2, -0.15) is 5.10 Å².